The number of carbonyl (C=O) groups is 3. The fourth-order valence-electron chi connectivity index (χ4n) is 5.23. The van der Waals surface area contributed by atoms with Crippen LogP contribution < -0.4 is 16.3 Å². The minimum absolute atomic E-state index is 0.00730. The molecule has 2 unspecified atom stereocenters. The first-order chi connectivity index (χ1) is 17.9. The molecule has 37 heavy (non-hydrogen) atoms. The third-order valence-corrected chi connectivity index (χ3v) is 7.49. The van der Waals surface area contributed by atoms with Crippen LogP contribution in [-0.2, 0) is 30.4 Å². The van der Waals surface area contributed by atoms with Crippen LogP contribution in [0.5, 0.6) is 0 Å². The standard InChI is InChI=1S/C29H45N3O5/c1-21(2)24-13-9-11-22(17-24)18-26(33)29(35)32-37-28-19-25(27(34)20-36-28)23-12-7-5-3-4-6-8-15-30-31-16-10-14-23/h9,11,13,17,21,23,25,28,30-31H,3-8,10,12,14-16,18-20H2,1-2H3,(H,32,35)/t23-,25?,28?/m1/s1. The topological polar surface area (TPSA) is 106 Å². The maximum Gasteiger partial charge on any atom is 0.311 e. The van der Waals surface area contributed by atoms with Gasteiger partial charge in [-0.3, -0.25) is 25.2 Å². The fraction of sp³-hybridized carbons (Fsp3) is 0.690. The van der Waals surface area contributed by atoms with Gasteiger partial charge in [0.15, 0.2) is 12.1 Å². The number of rotatable bonds is 7. The van der Waals surface area contributed by atoms with Crippen LogP contribution in [0.25, 0.3) is 0 Å². The number of nitrogens with one attached hydrogen (secondary N) is 3. The molecule has 8 heteroatoms. The van der Waals surface area contributed by atoms with Crippen molar-refractivity contribution in [3.8, 4) is 0 Å². The highest BCUT2D eigenvalue weighted by molar-refractivity contribution is 6.36. The molecule has 1 aromatic rings. The largest absolute Gasteiger partial charge is 0.342 e. The number of hydrazine groups is 1. The number of benzene rings is 1. The van der Waals surface area contributed by atoms with Crippen molar-refractivity contribution in [1.29, 1.82) is 0 Å². The van der Waals surface area contributed by atoms with Crippen LogP contribution in [0.1, 0.15) is 95.1 Å². The van der Waals surface area contributed by atoms with E-state index in [2.05, 4.69) is 30.2 Å². The summed E-state index contributed by atoms with van der Waals surface area (Å²) in [5.74, 6) is -0.831. The average molecular weight is 516 g/mol. The minimum atomic E-state index is -0.802. The first kappa shape index (κ1) is 29.4. The molecule has 3 atom stereocenters. The maximum atomic E-state index is 12.8. The van der Waals surface area contributed by atoms with E-state index in [1.807, 2.05) is 24.3 Å². The van der Waals surface area contributed by atoms with Crippen molar-refractivity contribution in [2.75, 3.05) is 19.7 Å². The highest BCUT2D eigenvalue weighted by Gasteiger charge is 2.36. The second-order valence-corrected chi connectivity index (χ2v) is 10.8. The third-order valence-electron chi connectivity index (χ3n) is 7.49. The predicted octanol–water partition coefficient (Wildman–Crippen LogP) is 4.14. The van der Waals surface area contributed by atoms with Gasteiger partial charge < -0.3 is 4.74 Å². The van der Waals surface area contributed by atoms with Gasteiger partial charge in [-0.15, -0.1) is 0 Å². The number of carbonyl (C=O) groups excluding carboxylic acids is 3. The summed E-state index contributed by atoms with van der Waals surface area (Å²) in [7, 11) is 0. The van der Waals surface area contributed by atoms with Gasteiger partial charge in [0.1, 0.15) is 6.61 Å². The summed E-state index contributed by atoms with van der Waals surface area (Å²) < 4.78 is 5.55. The predicted molar refractivity (Wildman–Crippen MR) is 142 cm³/mol. The Morgan fingerprint density at radius 2 is 1.73 bits per heavy atom. The molecule has 0 bridgehead atoms. The number of hydroxylamine groups is 1. The molecule has 206 valence electrons. The summed E-state index contributed by atoms with van der Waals surface area (Å²) in [6, 6.07) is 7.71. The molecule has 1 aromatic carbocycles. The van der Waals surface area contributed by atoms with Crippen molar-refractivity contribution < 1.29 is 24.0 Å². The molecule has 1 amide bonds. The summed E-state index contributed by atoms with van der Waals surface area (Å²) in [6.07, 6.45) is 9.84. The lowest BCUT2D eigenvalue weighted by Gasteiger charge is -2.33. The van der Waals surface area contributed by atoms with Crippen LogP contribution in [-0.4, -0.2) is 43.5 Å². The van der Waals surface area contributed by atoms with E-state index in [0.717, 1.165) is 49.9 Å². The van der Waals surface area contributed by atoms with E-state index in [4.69, 9.17) is 9.57 Å². The zero-order chi connectivity index (χ0) is 26.5. The molecule has 2 heterocycles. The van der Waals surface area contributed by atoms with E-state index in [1.54, 1.807) is 0 Å². The van der Waals surface area contributed by atoms with Gasteiger partial charge in [-0.25, -0.2) is 10.3 Å². The first-order valence-corrected chi connectivity index (χ1v) is 14.1. The zero-order valence-electron chi connectivity index (χ0n) is 22.6. The molecule has 8 nitrogen and oxygen atoms in total. The van der Waals surface area contributed by atoms with E-state index in [9.17, 15) is 14.4 Å². The van der Waals surface area contributed by atoms with E-state index >= 15 is 0 Å². The second-order valence-electron chi connectivity index (χ2n) is 10.8. The molecule has 2 aliphatic rings. The molecular weight excluding hydrogens is 470 g/mol. The molecule has 0 radical (unpaired) electrons. The van der Waals surface area contributed by atoms with Gasteiger partial charge in [0.2, 0.25) is 5.78 Å². The van der Waals surface area contributed by atoms with Crippen LogP contribution in [0, 0.1) is 11.8 Å². The van der Waals surface area contributed by atoms with Crippen molar-refractivity contribution in [3.63, 3.8) is 0 Å². The van der Waals surface area contributed by atoms with Crippen LogP contribution in [0.4, 0.5) is 0 Å². The van der Waals surface area contributed by atoms with E-state index < -0.39 is 18.0 Å². The molecule has 0 spiro atoms. The smallest absolute Gasteiger partial charge is 0.311 e. The Labute approximate surface area is 221 Å². The van der Waals surface area contributed by atoms with Crippen LogP contribution >= 0.6 is 0 Å². The van der Waals surface area contributed by atoms with Crippen LogP contribution in [0.15, 0.2) is 24.3 Å². The number of ketones is 2. The zero-order valence-corrected chi connectivity index (χ0v) is 22.6. The third kappa shape index (κ3) is 10.3. The van der Waals surface area contributed by atoms with Gasteiger partial charge in [0.05, 0.1) is 0 Å². The van der Waals surface area contributed by atoms with Gasteiger partial charge in [-0.2, -0.15) is 0 Å². The molecule has 3 N–H and O–H groups in total. The molecule has 3 rings (SSSR count). The first-order valence-electron chi connectivity index (χ1n) is 14.1. The summed E-state index contributed by atoms with van der Waals surface area (Å²) in [6.45, 7) is 5.99. The SMILES string of the molecule is CC(C)c1cccc(CC(=O)C(=O)NOC2CC([C@@H]3CCCCCCCCNNCCC3)C(=O)CO2)c1. The number of hydrogen-bond donors (Lipinski definition) is 3. The Balaban J connectivity index is 1.49. The lowest BCUT2D eigenvalue weighted by atomic mass is 9.79. The fourth-order valence-corrected chi connectivity index (χ4v) is 5.23. The highest BCUT2D eigenvalue weighted by Crippen LogP contribution is 2.32. The van der Waals surface area contributed by atoms with Crippen molar-refractivity contribution in [1.82, 2.24) is 16.3 Å². The Bertz CT molecular complexity index is 861. The van der Waals surface area contributed by atoms with Crippen molar-refractivity contribution in [2.45, 2.75) is 96.7 Å². The Morgan fingerprint density at radius 3 is 2.51 bits per heavy atom. The summed E-state index contributed by atoms with van der Waals surface area (Å²) in [5.41, 5.74) is 10.8. The Kier molecular flexibility index (Phi) is 12.7. The number of amides is 1. The van der Waals surface area contributed by atoms with Crippen molar-refractivity contribution in [2.24, 2.45) is 11.8 Å². The number of Topliss-reactive ketones (excluding diaryl/α,β-unsaturated/α-hetero) is 2. The van der Waals surface area contributed by atoms with E-state index in [-0.39, 0.29) is 30.6 Å². The molecular formula is C29H45N3O5. The van der Waals surface area contributed by atoms with Crippen LogP contribution in [0.2, 0.25) is 0 Å². The Morgan fingerprint density at radius 1 is 1.03 bits per heavy atom. The van der Waals surface area contributed by atoms with Crippen molar-refractivity contribution in [3.05, 3.63) is 35.4 Å². The molecule has 0 aromatic heterocycles. The monoisotopic (exact) mass is 515 g/mol. The van der Waals surface area contributed by atoms with Crippen LogP contribution in [0.3, 0.4) is 0 Å². The van der Waals surface area contributed by atoms with Crippen molar-refractivity contribution >= 4 is 17.5 Å². The van der Waals surface area contributed by atoms with Gasteiger partial charge in [-0.1, -0.05) is 70.2 Å². The molecule has 2 saturated heterocycles. The summed E-state index contributed by atoms with van der Waals surface area (Å²) >= 11 is 0. The quantitative estimate of drug-likeness (QED) is 0.370. The van der Waals surface area contributed by atoms with Gasteiger partial charge in [-0.05, 0) is 48.6 Å². The average Bonchev–Trinajstić information content (AvgIpc) is 2.89. The lowest BCUT2D eigenvalue weighted by Crippen LogP contribution is -2.43. The maximum absolute atomic E-state index is 12.8. The molecule has 2 fully saturated rings. The number of hydrogen-bond acceptors (Lipinski definition) is 7. The Hall–Kier alpha value is -2.13. The van der Waals surface area contributed by atoms with Gasteiger partial charge in [0, 0.05) is 31.8 Å². The highest BCUT2D eigenvalue weighted by atomic mass is 16.8. The summed E-state index contributed by atoms with van der Waals surface area (Å²) in [4.78, 5) is 43.1. The van der Waals surface area contributed by atoms with E-state index in [1.165, 1.54) is 32.1 Å². The molecule has 2 aliphatic heterocycles. The van der Waals surface area contributed by atoms with E-state index in [0.29, 0.717) is 12.3 Å². The summed E-state index contributed by atoms with van der Waals surface area (Å²) in [5, 5.41) is 0. The number of ether oxygens (including phenoxy) is 1. The lowest BCUT2D eigenvalue weighted by molar-refractivity contribution is -0.210. The van der Waals surface area contributed by atoms with Gasteiger partial charge >= 0.3 is 5.91 Å². The second kappa shape index (κ2) is 16.0. The molecule has 0 saturated carbocycles. The normalized spacial score (nSPS) is 24.8. The minimum Gasteiger partial charge on any atom is -0.342 e. The van der Waals surface area contributed by atoms with Gasteiger partial charge in [0.25, 0.3) is 0 Å². The molecule has 0 aliphatic carbocycles.